The van der Waals surface area contributed by atoms with Gasteiger partial charge in [0.15, 0.2) is 0 Å². The summed E-state index contributed by atoms with van der Waals surface area (Å²) in [6.45, 7) is 5.64. The Balaban J connectivity index is 2.81. The third kappa shape index (κ3) is 4.79. The lowest BCUT2D eigenvalue weighted by molar-refractivity contribution is -0.384. The van der Waals surface area contributed by atoms with Crippen molar-refractivity contribution in [2.24, 2.45) is 0 Å². The number of likely N-dealkylation sites (N-methyl/N-ethyl adjacent to an activating group) is 2. The Hall–Kier alpha value is -1.66. The van der Waals surface area contributed by atoms with Gasteiger partial charge in [-0.1, -0.05) is 18.5 Å². The van der Waals surface area contributed by atoms with Crippen molar-refractivity contribution in [1.82, 2.24) is 10.2 Å². The molecule has 0 saturated heterocycles. The monoisotopic (exact) mass is 299 g/mol. The Bertz CT molecular complexity index is 494. The van der Waals surface area contributed by atoms with Crippen LogP contribution in [0.4, 0.5) is 5.69 Å². The Morgan fingerprint density at radius 1 is 1.45 bits per heavy atom. The zero-order valence-corrected chi connectivity index (χ0v) is 12.3. The lowest BCUT2D eigenvalue weighted by Gasteiger charge is -2.20. The quantitative estimate of drug-likeness (QED) is 0.618. The minimum absolute atomic E-state index is 0.00142. The molecule has 1 aromatic rings. The molecular formula is C13H18ClN3O3. The molecule has 0 aliphatic heterocycles. The summed E-state index contributed by atoms with van der Waals surface area (Å²) >= 11 is 6.05. The summed E-state index contributed by atoms with van der Waals surface area (Å²) in [5.41, 5.74) is 0.644. The molecule has 0 unspecified atom stereocenters. The summed E-state index contributed by atoms with van der Waals surface area (Å²) in [5, 5.41) is 13.9. The molecule has 0 aliphatic rings. The van der Waals surface area contributed by atoms with Crippen LogP contribution in [0.15, 0.2) is 18.2 Å². The standard InChI is InChI=1S/C13H18ClN3O3/c1-3-15-13(18)9-16(4-2)8-10-7-11(17(19)20)5-6-12(10)14/h5-7H,3-4,8-9H2,1-2H3,(H,15,18). The van der Waals surface area contributed by atoms with E-state index < -0.39 is 4.92 Å². The van der Waals surface area contributed by atoms with E-state index in [9.17, 15) is 14.9 Å². The first-order valence-corrected chi connectivity index (χ1v) is 6.77. The van der Waals surface area contributed by atoms with Crippen LogP contribution in [0.1, 0.15) is 19.4 Å². The molecule has 1 amide bonds. The maximum atomic E-state index is 11.6. The van der Waals surface area contributed by atoms with Crippen LogP contribution < -0.4 is 5.32 Å². The number of amides is 1. The maximum absolute atomic E-state index is 11.6. The van der Waals surface area contributed by atoms with E-state index >= 15 is 0 Å². The summed E-state index contributed by atoms with van der Waals surface area (Å²) in [5.74, 6) is -0.0732. The van der Waals surface area contributed by atoms with Crippen molar-refractivity contribution in [2.45, 2.75) is 20.4 Å². The van der Waals surface area contributed by atoms with Gasteiger partial charge in [-0.15, -0.1) is 0 Å². The molecule has 0 fully saturated rings. The number of nitro groups is 1. The molecule has 0 aromatic heterocycles. The van der Waals surface area contributed by atoms with E-state index in [2.05, 4.69) is 5.32 Å². The summed E-state index contributed by atoms with van der Waals surface area (Å²) in [6.07, 6.45) is 0. The average Bonchev–Trinajstić information content (AvgIpc) is 2.40. The zero-order chi connectivity index (χ0) is 15.1. The predicted molar refractivity (Wildman–Crippen MR) is 77.7 cm³/mol. The predicted octanol–water partition coefficient (Wildman–Crippen LogP) is 2.21. The van der Waals surface area contributed by atoms with Crippen molar-refractivity contribution in [3.8, 4) is 0 Å². The minimum atomic E-state index is -0.458. The summed E-state index contributed by atoms with van der Waals surface area (Å²) in [7, 11) is 0. The number of nitrogens with zero attached hydrogens (tertiary/aromatic N) is 2. The van der Waals surface area contributed by atoms with E-state index in [1.54, 1.807) is 0 Å². The van der Waals surface area contributed by atoms with Gasteiger partial charge >= 0.3 is 0 Å². The second-order valence-electron chi connectivity index (χ2n) is 4.29. The fourth-order valence-electron chi connectivity index (χ4n) is 1.77. The van der Waals surface area contributed by atoms with Gasteiger partial charge in [-0.3, -0.25) is 19.8 Å². The van der Waals surface area contributed by atoms with Gasteiger partial charge in [-0.05, 0) is 25.1 Å². The Morgan fingerprint density at radius 3 is 2.70 bits per heavy atom. The molecule has 6 nitrogen and oxygen atoms in total. The number of carbonyl (C=O) groups is 1. The van der Waals surface area contributed by atoms with Gasteiger partial charge in [0.1, 0.15) is 0 Å². The fourth-order valence-corrected chi connectivity index (χ4v) is 1.95. The van der Waals surface area contributed by atoms with Crippen molar-refractivity contribution in [3.63, 3.8) is 0 Å². The van der Waals surface area contributed by atoms with Crippen LogP contribution >= 0.6 is 11.6 Å². The van der Waals surface area contributed by atoms with Gasteiger partial charge in [-0.25, -0.2) is 0 Å². The third-order valence-electron chi connectivity index (χ3n) is 2.82. The van der Waals surface area contributed by atoms with Gasteiger partial charge < -0.3 is 5.32 Å². The zero-order valence-electron chi connectivity index (χ0n) is 11.6. The Labute approximate surface area is 122 Å². The number of halogens is 1. The fraction of sp³-hybridized carbons (Fsp3) is 0.462. The first-order chi connectivity index (χ1) is 9.47. The molecule has 1 N–H and O–H groups in total. The van der Waals surface area contributed by atoms with Crippen LogP contribution in [0, 0.1) is 10.1 Å². The first kappa shape index (κ1) is 16.4. The topological polar surface area (TPSA) is 75.5 Å². The van der Waals surface area contributed by atoms with Crippen molar-refractivity contribution in [1.29, 1.82) is 0 Å². The van der Waals surface area contributed by atoms with Gasteiger partial charge in [-0.2, -0.15) is 0 Å². The van der Waals surface area contributed by atoms with Crippen molar-refractivity contribution in [2.75, 3.05) is 19.6 Å². The number of hydrogen-bond acceptors (Lipinski definition) is 4. The molecular weight excluding hydrogens is 282 g/mol. The van der Waals surface area contributed by atoms with Crippen LogP contribution in [0.3, 0.4) is 0 Å². The third-order valence-corrected chi connectivity index (χ3v) is 3.19. The number of rotatable bonds is 7. The molecule has 1 aromatic carbocycles. The van der Waals surface area contributed by atoms with E-state index in [4.69, 9.17) is 11.6 Å². The lowest BCUT2D eigenvalue weighted by Crippen LogP contribution is -2.36. The molecule has 0 atom stereocenters. The van der Waals surface area contributed by atoms with Crippen LogP contribution in [-0.2, 0) is 11.3 Å². The van der Waals surface area contributed by atoms with Crippen LogP contribution in [0.5, 0.6) is 0 Å². The van der Waals surface area contributed by atoms with E-state index in [0.717, 1.165) is 0 Å². The molecule has 0 saturated carbocycles. The molecule has 7 heteroatoms. The highest BCUT2D eigenvalue weighted by atomic mass is 35.5. The van der Waals surface area contributed by atoms with Crippen molar-refractivity contribution < 1.29 is 9.72 Å². The molecule has 0 bridgehead atoms. The maximum Gasteiger partial charge on any atom is 0.269 e. The van der Waals surface area contributed by atoms with Gasteiger partial charge in [0, 0.05) is 30.2 Å². The SMILES string of the molecule is CCNC(=O)CN(CC)Cc1cc([N+](=O)[O-])ccc1Cl. The molecule has 0 spiro atoms. The molecule has 0 radical (unpaired) electrons. The number of nitro benzene ring substituents is 1. The van der Waals surface area contributed by atoms with E-state index in [1.807, 2.05) is 18.7 Å². The average molecular weight is 300 g/mol. The number of hydrogen-bond donors (Lipinski definition) is 1. The summed E-state index contributed by atoms with van der Waals surface area (Å²) in [6, 6.07) is 4.32. The van der Waals surface area contributed by atoms with Crippen molar-refractivity contribution >= 4 is 23.2 Å². The molecule has 1 rings (SSSR count). The van der Waals surface area contributed by atoms with Crippen LogP contribution in [0.2, 0.25) is 5.02 Å². The van der Waals surface area contributed by atoms with E-state index in [0.29, 0.717) is 30.2 Å². The summed E-state index contributed by atoms with van der Waals surface area (Å²) in [4.78, 5) is 23.7. The molecule has 0 heterocycles. The number of benzene rings is 1. The number of non-ortho nitro benzene ring substituents is 1. The largest absolute Gasteiger partial charge is 0.355 e. The molecule has 0 aliphatic carbocycles. The van der Waals surface area contributed by atoms with E-state index in [1.165, 1.54) is 18.2 Å². The van der Waals surface area contributed by atoms with Gasteiger partial charge in [0.05, 0.1) is 11.5 Å². The van der Waals surface area contributed by atoms with Gasteiger partial charge in [0.25, 0.3) is 5.69 Å². The van der Waals surface area contributed by atoms with Crippen LogP contribution in [0.25, 0.3) is 0 Å². The van der Waals surface area contributed by atoms with E-state index in [-0.39, 0.29) is 18.1 Å². The Morgan fingerprint density at radius 2 is 2.15 bits per heavy atom. The summed E-state index contributed by atoms with van der Waals surface area (Å²) < 4.78 is 0. The minimum Gasteiger partial charge on any atom is -0.355 e. The number of carbonyl (C=O) groups excluding carboxylic acids is 1. The second kappa shape index (κ2) is 7.81. The first-order valence-electron chi connectivity index (χ1n) is 6.39. The van der Waals surface area contributed by atoms with Crippen LogP contribution in [-0.4, -0.2) is 35.4 Å². The molecule has 20 heavy (non-hydrogen) atoms. The highest BCUT2D eigenvalue weighted by Crippen LogP contribution is 2.23. The lowest BCUT2D eigenvalue weighted by atomic mass is 10.2. The van der Waals surface area contributed by atoms with Crippen molar-refractivity contribution in [3.05, 3.63) is 38.9 Å². The molecule has 110 valence electrons. The number of nitrogens with one attached hydrogen (secondary N) is 1. The Kier molecular flexibility index (Phi) is 6.41. The highest BCUT2D eigenvalue weighted by Gasteiger charge is 2.14. The van der Waals surface area contributed by atoms with Gasteiger partial charge in [0.2, 0.25) is 5.91 Å². The highest BCUT2D eigenvalue weighted by molar-refractivity contribution is 6.31. The second-order valence-corrected chi connectivity index (χ2v) is 4.70. The smallest absolute Gasteiger partial charge is 0.269 e. The normalized spacial score (nSPS) is 10.6.